The van der Waals surface area contributed by atoms with Crippen LogP contribution in [0.2, 0.25) is 0 Å². The smallest absolute Gasteiger partial charge is 0.151 e. The van der Waals surface area contributed by atoms with Gasteiger partial charge in [0.2, 0.25) is 0 Å². The van der Waals surface area contributed by atoms with Gasteiger partial charge in [-0.1, -0.05) is 11.2 Å². The fraction of sp³-hybridized carbons (Fsp3) is 0.333. The monoisotopic (exact) mass is 349 g/mol. The van der Waals surface area contributed by atoms with Crippen LogP contribution in [-0.2, 0) is 25.9 Å². The molecule has 0 unspecified atom stereocenters. The highest BCUT2D eigenvalue weighted by Gasteiger charge is 2.17. The van der Waals surface area contributed by atoms with Crippen LogP contribution in [0.3, 0.4) is 0 Å². The largest absolute Gasteiger partial charge is 0.496 e. The average Bonchev–Trinajstić information content (AvgIpc) is 3.30. The zero-order valence-electron chi connectivity index (χ0n) is 15.2. The van der Waals surface area contributed by atoms with Crippen LogP contribution in [0, 0.1) is 0 Å². The molecule has 0 saturated heterocycles. The van der Waals surface area contributed by atoms with Crippen LogP contribution in [0.5, 0.6) is 5.75 Å². The van der Waals surface area contributed by atoms with Crippen molar-refractivity contribution in [1.82, 2.24) is 15.0 Å². The van der Waals surface area contributed by atoms with Crippen LogP contribution in [-0.4, -0.2) is 29.2 Å². The van der Waals surface area contributed by atoms with Crippen LogP contribution in [0.1, 0.15) is 28.9 Å². The maximum Gasteiger partial charge on any atom is 0.151 e. The summed E-state index contributed by atoms with van der Waals surface area (Å²) in [5, 5.41) is 4.17. The van der Waals surface area contributed by atoms with E-state index >= 15 is 0 Å². The van der Waals surface area contributed by atoms with Gasteiger partial charge in [0.15, 0.2) is 5.76 Å². The number of aromatic nitrogens is 2. The Balaban J connectivity index is 1.46. The first-order valence-electron chi connectivity index (χ1n) is 8.96. The first-order chi connectivity index (χ1) is 12.7. The molecule has 5 nitrogen and oxygen atoms in total. The highest BCUT2D eigenvalue weighted by atomic mass is 16.5. The van der Waals surface area contributed by atoms with E-state index in [1.807, 2.05) is 18.2 Å². The molecule has 0 spiro atoms. The minimum absolute atomic E-state index is 0.693. The predicted octanol–water partition coefficient (Wildman–Crippen LogP) is 3.87. The van der Waals surface area contributed by atoms with E-state index in [4.69, 9.17) is 9.26 Å². The van der Waals surface area contributed by atoms with E-state index in [1.54, 1.807) is 19.5 Å². The number of benzene rings is 1. The van der Waals surface area contributed by atoms with E-state index in [2.05, 4.69) is 34.2 Å². The minimum atomic E-state index is 0.693. The summed E-state index contributed by atoms with van der Waals surface area (Å²) in [6.45, 7) is 1.50. The molecule has 1 aliphatic rings. The summed E-state index contributed by atoms with van der Waals surface area (Å²) < 4.78 is 11.1. The lowest BCUT2D eigenvalue weighted by Crippen LogP contribution is -2.17. The molecule has 0 bridgehead atoms. The summed E-state index contributed by atoms with van der Waals surface area (Å²) in [6.07, 6.45) is 7.10. The normalized spacial score (nSPS) is 13.2. The van der Waals surface area contributed by atoms with Crippen molar-refractivity contribution in [1.29, 1.82) is 0 Å². The Labute approximate surface area is 153 Å². The average molecular weight is 349 g/mol. The van der Waals surface area contributed by atoms with Crippen molar-refractivity contribution < 1.29 is 9.26 Å². The molecule has 0 aliphatic heterocycles. The van der Waals surface area contributed by atoms with Gasteiger partial charge in [-0.2, -0.15) is 0 Å². The third-order valence-corrected chi connectivity index (χ3v) is 4.90. The molecule has 3 aromatic rings. The van der Waals surface area contributed by atoms with Crippen LogP contribution < -0.4 is 4.74 Å². The predicted molar refractivity (Wildman–Crippen MR) is 99.9 cm³/mol. The molecule has 1 aliphatic carbocycles. The topological polar surface area (TPSA) is 51.4 Å². The number of ether oxygens (including phenoxy) is 1. The Morgan fingerprint density at radius 3 is 2.62 bits per heavy atom. The number of methoxy groups -OCH3 is 1. The van der Waals surface area contributed by atoms with E-state index in [0.717, 1.165) is 35.7 Å². The number of hydrogen-bond acceptors (Lipinski definition) is 5. The Kier molecular flexibility index (Phi) is 4.71. The third-order valence-electron chi connectivity index (χ3n) is 4.90. The van der Waals surface area contributed by atoms with Gasteiger partial charge >= 0.3 is 0 Å². The van der Waals surface area contributed by atoms with E-state index in [1.165, 1.54) is 29.5 Å². The molecule has 134 valence electrons. The number of rotatable bonds is 6. The van der Waals surface area contributed by atoms with Crippen LogP contribution in [0.4, 0.5) is 0 Å². The Morgan fingerprint density at radius 2 is 1.85 bits per heavy atom. The van der Waals surface area contributed by atoms with Gasteiger partial charge < -0.3 is 9.26 Å². The number of hydrogen-bond donors (Lipinski definition) is 0. The number of aryl methyl sites for hydroxylation is 2. The second-order valence-electron chi connectivity index (χ2n) is 6.87. The van der Waals surface area contributed by atoms with E-state index in [9.17, 15) is 0 Å². The van der Waals surface area contributed by atoms with Gasteiger partial charge in [0, 0.05) is 36.1 Å². The van der Waals surface area contributed by atoms with Gasteiger partial charge in [0.05, 0.1) is 13.7 Å². The SMILES string of the molecule is COc1cc2c(cc1CN(C)Cc1cc(-c3ccncc3)no1)CCC2. The van der Waals surface area contributed by atoms with E-state index < -0.39 is 0 Å². The summed E-state index contributed by atoms with van der Waals surface area (Å²) in [7, 11) is 3.83. The Bertz CT molecular complexity index is 890. The van der Waals surface area contributed by atoms with Gasteiger partial charge in [-0.15, -0.1) is 0 Å². The summed E-state index contributed by atoms with van der Waals surface area (Å²) in [5.41, 5.74) is 5.98. The first-order valence-corrected chi connectivity index (χ1v) is 8.96. The van der Waals surface area contributed by atoms with Crippen molar-refractivity contribution in [2.24, 2.45) is 0 Å². The molecule has 5 heteroatoms. The van der Waals surface area contributed by atoms with Crippen molar-refractivity contribution in [3.05, 3.63) is 65.2 Å². The minimum Gasteiger partial charge on any atom is -0.496 e. The van der Waals surface area contributed by atoms with Crippen molar-refractivity contribution >= 4 is 0 Å². The molecule has 0 fully saturated rings. The van der Waals surface area contributed by atoms with Gasteiger partial charge in [-0.05, 0) is 55.6 Å². The maximum absolute atomic E-state index is 5.62. The quantitative estimate of drug-likeness (QED) is 0.676. The molecule has 2 heterocycles. The van der Waals surface area contributed by atoms with Crippen molar-refractivity contribution in [3.8, 4) is 17.0 Å². The molecule has 0 saturated carbocycles. The molecular formula is C21H23N3O2. The molecule has 26 heavy (non-hydrogen) atoms. The lowest BCUT2D eigenvalue weighted by atomic mass is 10.0. The van der Waals surface area contributed by atoms with Crippen molar-refractivity contribution in [3.63, 3.8) is 0 Å². The van der Waals surface area contributed by atoms with Crippen LogP contribution >= 0.6 is 0 Å². The van der Waals surface area contributed by atoms with Gasteiger partial charge in [-0.25, -0.2) is 0 Å². The molecular weight excluding hydrogens is 326 g/mol. The second-order valence-corrected chi connectivity index (χ2v) is 6.87. The summed E-state index contributed by atoms with van der Waals surface area (Å²) >= 11 is 0. The molecule has 2 aromatic heterocycles. The molecule has 4 rings (SSSR count). The zero-order chi connectivity index (χ0) is 17.9. The highest BCUT2D eigenvalue weighted by Crippen LogP contribution is 2.30. The van der Waals surface area contributed by atoms with E-state index in [-0.39, 0.29) is 0 Å². The third kappa shape index (κ3) is 3.48. The molecule has 0 amide bonds. The van der Waals surface area contributed by atoms with Gasteiger partial charge in [0.1, 0.15) is 11.4 Å². The van der Waals surface area contributed by atoms with E-state index in [0.29, 0.717) is 6.54 Å². The second kappa shape index (κ2) is 7.30. The number of nitrogens with zero attached hydrogens (tertiary/aromatic N) is 3. The zero-order valence-corrected chi connectivity index (χ0v) is 15.2. The number of pyridine rings is 1. The summed E-state index contributed by atoms with van der Waals surface area (Å²) in [5.74, 6) is 1.83. The standard InChI is InChI=1S/C21H23N3O2/c1-24(13-18-10-16-4-3-5-17(16)11-21(18)25-2)14-19-12-20(23-26-19)15-6-8-22-9-7-15/h6-12H,3-5,13-14H2,1-2H3. The molecule has 0 atom stereocenters. The van der Waals surface area contributed by atoms with Gasteiger partial charge in [-0.3, -0.25) is 9.88 Å². The highest BCUT2D eigenvalue weighted by molar-refractivity contribution is 5.57. The summed E-state index contributed by atoms with van der Waals surface area (Å²) in [6, 6.07) is 10.4. The molecule has 0 N–H and O–H groups in total. The van der Waals surface area contributed by atoms with Crippen molar-refractivity contribution in [2.75, 3.05) is 14.2 Å². The van der Waals surface area contributed by atoms with Crippen LogP contribution in [0.25, 0.3) is 11.3 Å². The molecule has 1 aromatic carbocycles. The van der Waals surface area contributed by atoms with Crippen molar-refractivity contribution in [2.45, 2.75) is 32.4 Å². The number of fused-ring (bicyclic) bond motifs is 1. The lowest BCUT2D eigenvalue weighted by molar-refractivity contribution is 0.263. The Hall–Kier alpha value is -2.66. The van der Waals surface area contributed by atoms with Crippen LogP contribution in [0.15, 0.2) is 47.2 Å². The maximum atomic E-state index is 5.62. The Morgan fingerprint density at radius 1 is 1.08 bits per heavy atom. The van der Waals surface area contributed by atoms with Gasteiger partial charge in [0.25, 0.3) is 0 Å². The fourth-order valence-electron chi connectivity index (χ4n) is 3.63. The molecule has 0 radical (unpaired) electrons. The summed E-state index contributed by atoms with van der Waals surface area (Å²) in [4.78, 5) is 6.25. The lowest BCUT2D eigenvalue weighted by Gasteiger charge is -2.18. The first kappa shape index (κ1) is 16.8. The fourth-order valence-corrected chi connectivity index (χ4v) is 3.63.